The Morgan fingerprint density at radius 1 is 1.42 bits per heavy atom. The summed E-state index contributed by atoms with van der Waals surface area (Å²) in [4.78, 5) is 0.315. The van der Waals surface area contributed by atoms with Gasteiger partial charge < -0.3 is 5.73 Å². The topological polar surface area (TPSA) is 72.2 Å². The molecule has 2 unspecified atom stereocenters. The molecule has 0 aliphatic heterocycles. The number of rotatable bonds is 6. The van der Waals surface area contributed by atoms with E-state index in [4.69, 9.17) is 18.0 Å². The van der Waals surface area contributed by atoms with Gasteiger partial charge in [0.15, 0.2) is 0 Å². The van der Waals surface area contributed by atoms with Crippen molar-refractivity contribution in [2.45, 2.75) is 19.1 Å². The van der Waals surface area contributed by atoms with Crippen LogP contribution < -0.4 is 10.5 Å². The number of sulfonamides is 1. The summed E-state index contributed by atoms with van der Waals surface area (Å²) >= 11 is 4.85. The standard InChI is InChI=1S/C13H18N2O2S2/c1-9-6-12(9)7-15-19(16,17)8-10-2-4-11(5-3-10)13(14)18/h2-5,9,12,15H,6-8H2,1H3,(H2,14,18). The smallest absolute Gasteiger partial charge is 0.215 e. The molecule has 4 nitrogen and oxygen atoms in total. The molecule has 6 heteroatoms. The van der Waals surface area contributed by atoms with Crippen LogP contribution in [0.2, 0.25) is 0 Å². The number of nitrogens with one attached hydrogen (secondary N) is 1. The molecule has 3 N–H and O–H groups in total. The van der Waals surface area contributed by atoms with Crippen LogP contribution in [0.5, 0.6) is 0 Å². The fraction of sp³-hybridized carbons (Fsp3) is 0.462. The number of nitrogens with two attached hydrogens (primary N) is 1. The van der Waals surface area contributed by atoms with Gasteiger partial charge in [-0.1, -0.05) is 43.4 Å². The quantitative estimate of drug-likeness (QED) is 0.779. The van der Waals surface area contributed by atoms with Gasteiger partial charge >= 0.3 is 0 Å². The average molecular weight is 298 g/mol. The van der Waals surface area contributed by atoms with Crippen LogP contribution in [0.15, 0.2) is 24.3 Å². The first-order chi connectivity index (χ1) is 8.87. The van der Waals surface area contributed by atoms with Gasteiger partial charge in [0.05, 0.1) is 5.75 Å². The van der Waals surface area contributed by atoms with Gasteiger partial charge in [0.2, 0.25) is 10.0 Å². The van der Waals surface area contributed by atoms with Crippen molar-refractivity contribution in [2.24, 2.45) is 17.6 Å². The van der Waals surface area contributed by atoms with Crippen LogP contribution in [0, 0.1) is 11.8 Å². The first-order valence-corrected chi connectivity index (χ1v) is 8.29. The van der Waals surface area contributed by atoms with Crippen molar-refractivity contribution in [3.05, 3.63) is 35.4 Å². The molecule has 2 atom stereocenters. The minimum Gasteiger partial charge on any atom is -0.389 e. The van der Waals surface area contributed by atoms with Gasteiger partial charge in [-0.05, 0) is 23.8 Å². The van der Waals surface area contributed by atoms with Crippen molar-refractivity contribution in [3.63, 3.8) is 0 Å². The molecule has 0 bridgehead atoms. The first kappa shape index (κ1) is 14.4. The molecule has 0 amide bonds. The van der Waals surface area contributed by atoms with E-state index < -0.39 is 10.0 Å². The molecule has 0 radical (unpaired) electrons. The molecule has 104 valence electrons. The minimum absolute atomic E-state index is 0.00822. The zero-order chi connectivity index (χ0) is 14.0. The van der Waals surface area contributed by atoms with Gasteiger partial charge in [0.1, 0.15) is 4.99 Å². The molecule has 1 fully saturated rings. The minimum atomic E-state index is -3.26. The molecule has 0 heterocycles. The van der Waals surface area contributed by atoms with E-state index in [1.165, 1.54) is 0 Å². The number of hydrogen-bond acceptors (Lipinski definition) is 3. The van der Waals surface area contributed by atoms with Gasteiger partial charge in [-0.3, -0.25) is 0 Å². The highest BCUT2D eigenvalue weighted by atomic mass is 32.2. The van der Waals surface area contributed by atoms with E-state index in [0.29, 0.717) is 23.4 Å². The number of thiocarbonyl (C=S) groups is 1. The molecule has 1 saturated carbocycles. The molecule has 0 saturated heterocycles. The van der Waals surface area contributed by atoms with Crippen LogP contribution in [0.25, 0.3) is 0 Å². The summed E-state index contributed by atoms with van der Waals surface area (Å²) in [7, 11) is -3.26. The van der Waals surface area contributed by atoms with Crippen molar-refractivity contribution < 1.29 is 8.42 Å². The first-order valence-electron chi connectivity index (χ1n) is 6.23. The summed E-state index contributed by atoms with van der Waals surface area (Å²) in [6.07, 6.45) is 1.12. The van der Waals surface area contributed by atoms with Crippen molar-refractivity contribution in [2.75, 3.05) is 6.54 Å². The van der Waals surface area contributed by atoms with Gasteiger partial charge in [-0.2, -0.15) is 0 Å². The second kappa shape index (κ2) is 5.56. The predicted molar refractivity (Wildman–Crippen MR) is 80.2 cm³/mol. The summed E-state index contributed by atoms with van der Waals surface area (Å²) in [5, 5.41) is 0. The Kier molecular flexibility index (Phi) is 4.23. The fourth-order valence-electron chi connectivity index (χ4n) is 1.95. The van der Waals surface area contributed by atoms with Crippen LogP contribution in [-0.2, 0) is 15.8 Å². The van der Waals surface area contributed by atoms with Gasteiger partial charge in [-0.25, -0.2) is 13.1 Å². The van der Waals surface area contributed by atoms with E-state index in [1.54, 1.807) is 24.3 Å². The molecule has 2 rings (SSSR count). The maximum Gasteiger partial charge on any atom is 0.215 e. The Bertz CT molecular complexity index is 567. The molecule has 1 aromatic carbocycles. The molecule has 1 aliphatic carbocycles. The Hall–Kier alpha value is -0.980. The average Bonchev–Trinajstić information content (AvgIpc) is 3.03. The van der Waals surface area contributed by atoms with Crippen molar-refractivity contribution in [1.82, 2.24) is 4.72 Å². The van der Waals surface area contributed by atoms with Crippen molar-refractivity contribution in [3.8, 4) is 0 Å². The molecule has 0 aromatic heterocycles. The normalized spacial score (nSPS) is 22.2. The van der Waals surface area contributed by atoms with Crippen LogP contribution in [0.1, 0.15) is 24.5 Å². The highest BCUT2D eigenvalue weighted by Crippen LogP contribution is 2.36. The van der Waals surface area contributed by atoms with Gasteiger partial charge in [0.25, 0.3) is 0 Å². The summed E-state index contributed by atoms with van der Waals surface area (Å²) in [6.45, 7) is 2.68. The van der Waals surface area contributed by atoms with E-state index in [9.17, 15) is 8.42 Å². The summed E-state index contributed by atoms with van der Waals surface area (Å²) in [5.41, 5.74) is 6.97. The number of hydrogen-bond donors (Lipinski definition) is 2. The second-order valence-corrected chi connectivity index (χ2v) is 7.39. The van der Waals surface area contributed by atoms with Crippen LogP contribution >= 0.6 is 12.2 Å². The van der Waals surface area contributed by atoms with Crippen LogP contribution in [0.4, 0.5) is 0 Å². The molecule has 1 aromatic rings. The second-order valence-electron chi connectivity index (χ2n) is 5.14. The van der Waals surface area contributed by atoms with Crippen LogP contribution in [0.3, 0.4) is 0 Å². The number of benzene rings is 1. The van der Waals surface area contributed by atoms with Gasteiger partial charge in [0, 0.05) is 12.1 Å². The third kappa shape index (κ3) is 4.26. The van der Waals surface area contributed by atoms with Gasteiger partial charge in [-0.15, -0.1) is 0 Å². The fourth-order valence-corrected chi connectivity index (χ4v) is 3.29. The van der Waals surface area contributed by atoms with Crippen molar-refractivity contribution >= 4 is 27.2 Å². The molecule has 1 aliphatic rings. The molecule has 19 heavy (non-hydrogen) atoms. The van der Waals surface area contributed by atoms with E-state index in [-0.39, 0.29) is 5.75 Å². The summed E-state index contributed by atoms with van der Waals surface area (Å²) in [6, 6.07) is 6.98. The van der Waals surface area contributed by atoms with E-state index in [2.05, 4.69) is 11.6 Å². The van der Waals surface area contributed by atoms with Crippen LogP contribution in [-0.4, -0.2) is 20.0 Å². The lowest BCUT2D eigenvalue weighted by atomic mass is 10.1. The zero-order valence-electron chi connectivity index (χ0n) is 10.8. The third-order valence-corrected chi connectivity index (χ3v) is 4.99. The third-order valence-electron chi connectivity index (χ3n) is 3.44. The Balaban J connectivity index is 1.93. The highest BCUT2D eigenvalue weighted by Gasteiger charge is 2.33. The lowest BCUT2D eigenvalue weighted by molar-refractivity contribution is 0.573. The zero-order valence-corrected chi connectivity index (χ0v) is 12.4. The lowest BCUT2D eigenvalue weighted by Crippen LogP contribution is -2.27. The van der Waals surface area contributed by atoms with E-state index in [1.807, 2.05) is 0 Å². The SMILES string of the molecule is CC1CC1CNS(=O)(=O)Cc1ccc(C(N)=S)cc1. The van der Waals surface area contributed by atoms with E-state index >= 15 is 0 Å². The molecular formula is C13H18N2O2S2. The highest BCUT2D eigenvalue weighted by molar-refractivity contribution is 7.88. The predicted octanol–water partition coefficient (Wildman–Crippen LogP) is 1.40. The molecular weight excluding hydrogens is 280 g/mol. The monoisotopic (exact) mass is 298 g/mol. The lowest BCUT2D eigenvalue weighted by Gasteiger charge is -2.07. The Morgan fingerprint density at radius 2 is 2.00 bits per heavy atom. The molecule has 0 spiro atoms. The summed E-state index contributed by atoms with van der Waals surface area (Å²) < 4.78 is 26.5. The largest absolute Gasteiger partial charge is 0.389 e. The van der Waals surface area contributed by atoms with E-state index in [0.717, 1.165) is 17.5 Å². The Morgan fingerprint density at radius 3 is 2.47 bits per heavy atom. The summed E-state index contributed by atoms with van der Waals surface area (Å²) in [5.74, 6) is 1.14. The van der Waals surface area contributed by atoms with Crippen molar-refractivity contribution in [1.29, 1.82) is 0 Å². The maximum absolute atomic E-state index is 11.9. The Labute approximate surface area is 119 Å². The maximum atomic E-state index is 11.9.